The number of aliphatic hydroxyl groups is 1. The molecule has 0 heterocycles. The Balaban J connectivity index is 1.69. The van der Waals surface area contributed by atoms with Crippen LogP contribution in [0.1, 0.15) is 6.42 Å². The van der Waals surface area contributed by atoms with E-state index in [0.29, 0.717) is 37.0 Å². The van der Waals surface area contributed by atoms with Crippen LogP contribution < -0.4 is 5.32 Å². The van der Waals surface area contributed by atoms with Crippen molar-refractivity contribution in [3.8, 4) is 0 Å². The Hall–Kier alpha value is -2.74. The SMILES string of the molecule is CO[Si](CCCOCC(O)CNc1ccc(N=Nc2ccc([N+](=O)[O-])cc2)cc1)(OC)OC. The number of hydrogen-bond donors (Lipinski definition) is 2. The van der Waals surface area contributed by atoms with Gasteiger partial charge in [0.25, 0.3) is 5.69 Å². The number of nitro groups is 1. The highest BCUT2D eigenvalue weighted by Crippen LogP contribution is 2.22. The third kappa shape index (κ3) is 8.96. The number of ether oxygens (including phenoxy) is 1. The van der Waals surface area contributed by atoms with Crippen LogP contribution in [0.25, 0.3) is 0 Å². The molecule has 0 radical (unpaired) electrons. The molecule has 0 amide bonds. The zero-order valence-electron chi connectivity index (χ0n) is 19.0. The fourth-order valence-corrected chi connectivity index (χ4v) is 4.55. The first kappa shape index (κ1) is 26.5. The number of aliphatic hydroxyl groups excluding tert-OH is 1. The Morgan fingerprint density at radius 2 is 1.55 bits per heavy atom. The van der Waals surface area contributed by atoms with E-state index in [1.54, 1.807) is 33.5 Å². The Morgan fingerprint density at radius 3 is 2.06 bits per heavy atom. The summed E-state index contributed by atoms with van der Waals surface area (Å²) >= 11 is 0. The molecule has 0 saturated heterocycles. The molecule has 180 valence electrons. The van der Waals surface area contributed by atoms with Crippen molar-refractivity contribution in [2.75, 3.05) is 46.4 Å². The van der Waals surface area contributed by atoms with Crippen molar-refractivity contribution >= 4 is 31.6 Å². The van der Waals surface area contributed by atoms with Gasteiger partial charge in [0, 0.05) is 58.3 Å². The topological polar surface area (TPSA) is 137 Å². The van der Waals surface area contributed by atoms with Crippen LogP contribution in [0.5, 0.6) is 0 Å². The molecule has 11 nitrogen and oxygen atoms in total. The van der Waals surface area contributed by atoms with Gasteiger partial charge in [0.05, 0.1) is 29.0 Å². The first-order valence-corrected chi connectivity index (χ1v) is 12.3. The summed E-state index contributed by atoms with van der Waals surface area (Å²) in [5.74, 6) is 0. The van der Waals surface area contributed by atoms with E-state index in [2.05, 4.69) is 15.5 Å². The average molecular weight is 479 g/mol. The van der Waals surface area contributed by atoms with Gasteiger partial charge in [-0.15, -0.1) is 0 Å². The number of nitrogens with zero attached hydrogens (tertiary/aromatic N) is 3. The summed E-state index contributed by atoms with van der Waals surface area (Å²) in [4.78, 5) is 10.2. The molecule has 0 aromatic heterocycles. The number of benzene rings is 2. The molecule has 1 atom stereocenters. The maximum Gasteiger partial charge on any atom is 0.500 e. The summed E-state index contributed by atoms with van der Waals surface area (Å²) in [6, 6.07) is 13.7. The highest BCUT2D eigenvalue weighted by atomic mass is 28.4. The molecule has 0 aliphatic rings. The van der Waals surface area contributed by atoms with Crippen LogP contribution in [0.4, 0.5) is 22.7 Å². The van der Waals surface area contributed by atoms with Crippen molar-refractivity contribution < 1.29 is 28.0 Å². The number of nitrogens with one attached hydrogen (secondary N) is 1. The van der Waals surface area contributed by atoms with Crippen molar-refractivity contribution in [1.29, 1.82) is 0 Å². The standard InChI is InChI=1S/C21H30N4O7Si/c1-29-33(30-2,31-3)14-4-13-32-16-21(26)15-22-17-5-7-18(8-6-17)23-24-19-9-11-20(12-10-19)25(27)28/h5-12,21-22,26H,4,13-16H2,1-3H3. The summed E-state index contributed by atoms with van der Waals surface area (Å²) < 4.78 is 21.6. The Morgan fingerprint density at radius 1 is 1.00 bits per heavy atom. The summed E-state index contributed by atoms with van der Waals surface area (Å²) in [7, 11) is 2.14. The molecule has 0 spiro atoms. The molecule has 0 saturated carbocycles. The molecular formula is C21H30N4O7Si. The predicted molar refractivity (Wildman–Crippen MR) is 125 cm³/mol. The first-order valence-electron chi connectivity index (χ1n) is 10.3. The van der Waals surface area contributed by atoms with Crippen LogP contribution in [0.15, 0.2) is 58.8 Å². The Labute approximate surface area is 193 Å². The van der Waals surface area contributed by atoms with Crippen LogP contribution in [-0.2, 0) is 18.0 Å². The minimum atomic E-state index is -2.58. The van der Waals surface area contributed by atoms with Crippen LogP contribution in [0.3, 0.4) is 0 Å². The molecule has 2 aromatic rings. The minimum Gasteiger partial charge on any atom is -0.389 e. The fourth-order valence-electron chi connectivity index (χ4n) is 2.86. The smallest absolute Gasteiger partial charge is 0.389 e. The molecule has 2 rings (SSSR count). The third-order valence-corrected chi connectivity index (χ3v) is 7.60. The number of nitro benzene ring substituents is 1. The van der Waals surface area contributed by atoms with Crippen LogP contribution >= 0.6 is 0 Å². The molecule has 0 fully saturated rings. The Bertz CT molecular complexity index is 869. The second kappa shape index (κ2) is 13.7. The molecule has 33 heavy (non-hydrogen) atoms. The van der Waals surface area contributed by atoms with E-state index in [4.69, 9.17) is 18.0 Å². The predicted octanol–water partition coefficient (Wildman–Crippen LogP) is 4.07. The normalized spacial score (nSPS) is 12.7. The van der Waals surface area contributed by atoms with Crippen molar-refractivity contribution in [3.05, 3.63) is 58.6 Å². The lowest BCUT2D eigenvalue weighted by molar-refractivity contribution is -0.384. The van der Waals surface area contributed by atoms with Gasteiger partial charge in [-0.1, -0.05) is 0 Å². The lowest BCUT2D eigenvalue weighted by Crippen LogP contribution is -2.42. The van der Waals surface area contributed by atoms with Crippen molar-refractivity contribution in [2.45, 2.75) is 18.6 Å². The second-order valence-corrected chi connectivity index (χ2v) is 10.1. The molecule has 0 aliphatic heterocycles. The van der Waals surface area contributed by atoms with Gasteiger partial charge in [-0.3, -0.25) is 10.1 Å². The first-order chi connectivity index (χ1) is 15.9. The molecule has 1 unspecified atom stereocenters. The number of rotatable bonds is 15. The average Bonchev–Trinajstić information content (AvgIpc) is 2.85. The maximum atomic E-state index is 10.7. The van der Waals surface area contributed by atoms with E-state index in [1.165, 1.54) is 24.3 Å². The molecule has 12 heteroatoms. The van der Waals surface area contributed by atoms with Gasteiger partial charge in [-0.25, -0.2) is 0 Å². The second-order valence-electron chi connectivity index (χ2n) is 7.03. The number of anilines is 1. The summed E-state index contributed by atoms with van der Waals surface area (Å²) in [6.07, 6.45) is 0.0402. The monoisotopic (exact) mass is 478 g/mol. The molecule has 0 aliphatic carbocycles. The summed E-state index contributed by atoms with van der Waals surface area (Å²) in [5.41, 5.74) is 1.97. The van der Waals surface area contributed by atoms with E-state index >= 15 is 0 Å². The zero-order valence-corrected chi connectivity index (χ0v) is 20.0. The lowest BCUT2D eigenvalue weighted by atomic mass is 10.2. The van der Waals surface area contributed by atoms with E-state index in [0.717, 1.165) is 5.69 Å². The molecule has 2 aromatic carbocycles. The number of non-ortho nitro benzene ring substituents is 1. The van der Waals surface area contributed by atoms with Gasteiger partial charge >= 0.3 is 8.80 Å². The third-order valence-electron chi connectivity index (χ3n) is 4.77. The van der Waals surface area contributed by atoms with Gasteiger partial charge < -0.3 is 28.4 Å². The largest absolute Gasteiger partial charge is 0.500 e. The van der Waals surface area contributed by atoms with Crippen molar-refractivity contribution in [2.24, 2.45) is 10.2 Å². The zero-order chi connectivity index (χ0) is 24.1. The maximum absolute atomic E-state index is 10.7. The van der Waals surface area contributed by atoms with Gasteiger partial charge in [-0.05, 0) is 42.8 Å². The van der Waals surface area contributed by atoms with E-state index in [9.17, 15) is 15.2 Å². The number of hydrogen-bond acceptors (Lipinski definition) is 10. The quantitative estimate of drug-likeness (QED) is 0.128. The Kier molecular flexibility index (Phi) is 11.0. The van der Waals surface area contributed by atoms with Gasteiger partial charge in [0.15, 0.2) is 0 Å². The van der Waals surface area contributed by atoms with Gasteiger partial charge in [0.1, 0.15) is 0 Å². The van der Waals surface area contributed by atoms with Crippen LogP contribution in [-0.4, -0.2) is 66.0 Å². The highest BCUT2D eigenvalue weighted by molar-refractivity contribution is 6.60. The van der Waals surface area contributed by atoms with E-state index < -0.39 is 19.8 Å². The van der Waals surface area contributed by atoms with E-state index in [1.807, 2.05) is 12.1 Å². The minimum absolute atomic E-state index is 0.00364. The lowest BCUT2D eigenvalue weighted by Gasteiger charge is -2.24. The molecular weight excluding hydrogens is 448 g/mol. The summed E-state index contributed by atoms with van der Waals surface area (Å²) in [5, 5.41) is 32.1. The highest BCUT2D eigenvalue weighted by Gasteiger charge is 2.36. The van der Waals surface area contributed by atoms with Crippen molar-refractivity contribution in [3.63, 3.8) is 0 Å². The summed E-state index contributed by atoms with van der Waals surface area (Å²) in [6.45, 7) is 1.00. The molecule has 0 bridgehead atoms. The number of azo groups is 1. The fraction of sp³-hybridized carbons (Fsp3) is 0.429. The van der Waals surface area contributed by atoms with E-state index in [-0.39, 0.29) is 12.3 Å². The van der Waals surface area contributed by atoms with Gasteiger partial charge in [0.2, 0.25) is 0 Å². The van der Waals surface area contributed by atoms with Crippen LogP contribution in [0.2, 0.25) is 6.04 Å². The molecule has 2 N–H and O–H groups in total. The van der Waals surface area contributed by atoms with Crippen molar-refractivity contribution in [1.82, 2.24) is 0 Å². The van der Waals surface area contributed by atoms with Gasteiger partial charge in [-0.2, -0.15) is 10.2 Å². The van der Waals surface area contributed by atoms with Crippen LogP contribution in [0, 0.1) is 10.1 Å².